The number of quaternary nitrogens is 1. The average Bonchev–Trinajstić information content (AvgIpc) is 2.92. The lowest BCUT2D eigenvalue weighted by Gasteiger charge is -2.09. The van der Waals surface area contributed by atoms with Crippen LogP contribution in [0.15, 0.2) is 0 Å². The highest BCUT2D eigenvalue weighted by molar-refractivity contribution is 5.94. The maximum Gasteiger partial charge on any atom is 0.252 e. The third-order valence-corrected chi connectivity index (χ3v) is 1.89. The zero-order chi connectivity index (χ0) is 11.6. The summed E-state index contributed by atoms with van der Waals surface area (Å²) in [4.78, 5) is 31.9. The summed E-state index contributed by atoms with van der Waals surface area (Å²) in [5, 5.41) is 12.5. The van der Waals surface area contributed by atoms with Gasteiger partial charge in [-0.25, -0.2) is 0 Å². The lowest BCUT2D eigenvalue weighted by molar-refractivity contribution is -0.435. The van der Waals surface area contributed by atoms with Crippen LogP contribution in [0.4, 0.5) is 0 Å². The van der Waals surface area contributed by atoms with Crippen molar-refractivity contribution in [3.63, 3.8) is 0 Å². The Labute approximate surface area is 84.5 Å². The predicted octanol–water partition coefficient (Wildman–Crippen LogP) is -5.28. The molecule has 15 heavy (non-hydrogen) atoms. The van der Waals surface area contributed by atoms with Gasteiger partial charge in [0.05, 0.1) is 6.54 Å². The minimum absolute atomic E-state index is 0.174. The van der Waals surface area contributed by atoms with Crippen LogP contribution in [0, 0.1) is 0 Å². The molecule has 1 aliphatic rings. The summed E-state index contributed by atoms with van der Waals surface area (Å²) in [6.07, 6.45) is -1.81. The second kappa shape index (κ2) is 4.24. The van der Waals surface area contributed by atoms with E-state index in [1.54, 1.807) is 0 Å². The van der Waals surface area contributed by atoms with Gasteiger partial charge in [-0.05, 0) is 0 Å². The van der Waals surface area contributed by atoms with Gasteiger partial charge in [0, 0.05) is 0 Å². The van der Waals surface area contributed by atoms with Crippen LogP contribution in [0.25, 0.3) is 0 Å². The number of carboxylic acids is 1. The number of hydrogen-bond donors (Lipinski definition) is 3. The number of hydrogen-bond acceptors (Lipinski definition) is 5. The Morgan fingerprint density at radius 3 is 2.47 bits per heavy atom. The maximum atomic E-state index is 11.2. The van der Waals surface area contributed by atoms with Crippen molar-refractivity contribution in [3.8, 4) is 0 Å². The van der Waals surface area contributed by atoms with Gasteiger partial charge in [0.1, 0.15) is 12.0 Å². The van der Waals surface area contributed by atoms with Gasteiger partial charge in [-0.15, -0.1) is 0 Å². The lowest BCUT2D eigenvalue weighted by Crippen LogP contribution is -2.72. The van der Waals surface area contributed by atoms with E-state index in [0.717, 1.165) is 0 Å². The molecule has 8 heteroatoms. The van der Waals surface area contributed by atoms with Crippen LogP contribution in [-0.4, -0.2) is 42.6 Å². The van der Waals surface area contributed by atoms with Gasteiger partial charge in [-0.1, -0.05) is 0 Å². The van der Waals surface area contributed by atoms with Crippen molar-refractivity contribution in [1.82, 2.24) is 5.32 Å². The molecule has 1 fully saturated rings. The molecule has 84 valence electrons. The molecule has 0 aromatic heterocycles. The van der Waals surface area contributed by atoms with Gasteiger partial charge < -0.3 is 31.4 Å². The molecule has 2 amide bonds. The summed E-state index contributed by atoms with van der Waals surface area (Å²) in [6.45, 7) is -0.174. The summed E-state index contributed by atoms with van der Waals surface area (Å²) in [5.74, 6) is -2.66. The molecular formula is C7H11N3O5. The molecule has 1 saturated heterocycles. The molecule has 0 bridgehead atoms. The first-order chi connectivity index (χ1) is 6.93. The fourth-order valence-corrected chi connectivity index (χ4v) is 0.936. The molecule has 6 N–H and O–H groups in total. The van der Waals surface area contributed by atoms with Crippen molar-refractivity contribution in [1.29, 1.82) is 0 Å². The third-order valence-electron chi connectivity index (χ3n) is 1.89. The van der Waals surface area contributed by atoms with Gasteiger partial charge in [-0.2, -0.15) is 0 Å². The quantitative estimate of drug-likeness (QED) is 0.392. The molecule has 1 aliphatic heterocycles. The number of aliphatic carboxylic acids is 1. The normalized spacial score (nSPS) is 25.4. The van der Waals surface area contributed by atoms with E-state index in [1.165, 1.54) is 0 Å². The summed E-state index contributed by atoms with van der Waals surface area (Å²) in [5.41, 5.74) is 8.10. The van der Waals surface area contributed by atoms with E-state index in [4.69, 9.17) is 5.73 Å². The minimum atomic E-state index is -1.36. The van der Waals surface area contributed by atoms with E-state index in [-0.39, 0.29) is 6.54 Å². The Kier molecular flexibility index (Phi) is 3.22. The van der Waals surface area contributed by atoms with Crippen molar-refractivity contribution < 1.29 is 30.0 Å². The van der Waals surface area contributed by atoms with Crippen LogP contribution in [0.2, 0.25) is 0 Å². The van der Waals surface area contributed by atoms with Crippen LogP contribution < -0.4 is 21.9 Å². The molecule has 3 atom stereocenters. The Bertz CT molecular complexity index is 305. The number of carbonyl (C=O) groups is 3. The number of rotatable bonds is 5. The minimum Gasteiger partial charge on any atom is -0.544 e. The molecule has 0 radical (unpaired) electrons. The van der Waals surface area contributed by atoms with Crippen LogP contribution in [-0.2, 0) is 19.1 Å². The Morgan fingerprint density at radius 2 is 2.07 bits per heavy atom. The highest BCUT2D eigenvalue weighted by Crippen LogP contribution is 2.21. The van der Waals surface area contributed by atoms with Crippen LogP contribution in [0.1, 0.15) is 0 Å². The SMILES string of the molecule is NC(=O)[C@@H]1O[C@H]1C(=O)NC[C@H]([NH3+])C(=O)[O-]. The zero-order valence-corrected chi connectivity index (χ0v) is 7.76. The number of primary amides is 1. The van der Waals surface area contributed by atoms with Crippen molar-refractivity contribution in [2.24, 2.45) is 5.73 Å². The molecule has 0 unspecified atom stereocenters. The number of carboxylic acid groups (broad SMARTS) is 1. The summed E-state index contributed by atoms with van der Waals surface area (Å²) in [7, 11) is 0. The Balaban J connectivity index is 2.27. The standard InChI is InChI=1S/C7H11N3O5/c8-2(7(13)14)1-10-6(12)4-3(15-4)5(9)11/h2-4H,1,8H2,(H2,9,11)(H,10,12)(H,13,14)/t2-,3+,4+/m0/s1. The first-order valence-electron chi connectivity index (χ1n) is 4.20. The fraction of sp³-hybridized carbons (Fsp3) is 0.571. The van der Waals surface area contributed by atoms with Crippen LogP contribution in [0.5, 0.6) is 0 Å². The summed E-state index contributed by atoms with van der Waals surface area (Å²) in [6, 6.07) is -1.04. The zero-order valence-electron chi connectivity index (χ0n) is 7.76. The first-order valence-corrected chi connectivity index (χ1v) is 4.20. The van der Waals surface area contributed by atoms with E-state index in [9.17, 15) is 19.5 Å². The molecule has 1 heterocycles. The number of epoxide rings is 1. The van der Waals surface area contributed by atoms with E-state index in [1.807, 2.05) is 0 Å². The van der Waals surface area contributed by atoms with Gasteiger partial charge in [0.2, 0.25) is 5.91 Å². The van der Waals surface area contributed by atoms with E-state index >= 15 is 0 Å². The Morgan fingerprint density at radius 1 is 1.47 bits per heavy atom. The molecule has 8 nitrogen and oxygen atoms in total. The second-order valence-corrected chi connectivity index (χ2v) is 3.14. The smallest absolute Gasteiger partial charge is 0.252 e. The van der Waals surface area contributed by atoms with Gasteiger partial charge >= 0.3 is 0 Å². The predicted molar refractivity (Wildman–Crippen MR) is 42.5 cm³/mol. The number of carbonyl (C=O) groups excluding carboxylic acids is 3. The molecule has 0 aromatic rings. The number of nitrogens with one attached hydrogen (secondary N) is 1. The molecule has 1 rings (SSSR count). The summed E-state index contributed by atoms with van der Waals surface area (Å²) >= 11 is 0. The van der Waals surface area contributed by atoms with Crippen molar-refractivity contribution in [2.45, 2.75) is 18.2 Å². The number of amides is 2. The largest absolute Gasteiger partial charge is 0.544 e. The topological polar surface area (TPSA) is 152 Å². The third kappa shape index (κ3) is 2.89. The highest BCUT2D eigenvalue weighted by atomic mass is 16.6. The van der Waals surface area contributed by atoms with Gasteiger partial charge in [0.15, 0.2) is 12.2 Å². The lowest BCUT2D eigenvalue weighted by atomic mass is 10.2. The monoisotopic (exact) mass is 217 g/mol. The van der Waals surface area contributed by atoms with Crippen molar-refractivity contribution in [2.75, 3.05) is 6.54 Å². The van der Waals surface area contributed by atoms with Crippen molar-refractivity contribution in [3.05, 3.63) is 0 Å². The van der Waals surface area contributed by atoms with E-state index in [0.29, 0.717) is 0 Å². The second-order valence-electron chi connectivity index (χ2n) is 3.14. The molecule has 0 saturated carbocycles. The fourth-order valence-electron chi connectivity index (χ4n) is 0.936. The van der Waals surface area contributed by atoms with E-state index in [2.05, 4.69) is 15.8 Å². The van der Waals surface area contributed by atoms with Crippen molar-refractivity contribution >= 4 is 17.8 Å². The van der Waals surface area contributed by atoms with Gasteiger partial charge in [-0.3, -0.25) is 9.59 Å². The number of nitrogens with two attached hydrogens (primary N) is 1. The Hall–Kier alpha value is -1.67. The highest BCUT2D eigenvalue weighted by Gasteiger charge is 2.49. The first kappa shape index (κ1) is 11.4. The molecule has 0 aliphatic carbocycles. The van der Waals surface area contributed by atoms with Crippen LogP contribution in [0.3, 0.4) is 0 Å². The van der Waals surface area contributed by atoms with Crippen LogP contribution >= 0.6 is 0 Å². The molecular weight excluding hydrogens is 206 g/mol. The number of ether oxygens (including phenoxy) is 1. The maximum absolute atomic E-state index is 11.2. The average molecular weight is 217 g/mol. The molecule has 0 spiro atoms. The summed E-state index contributed by atoms with van der Waals surface area (Å²) < 4.78 is 4.66. The van der Waals surface area contributed by atoms with Gasteiger partial charge in [0.25, 0.3) is 5.91 Å². The molecule has 0 aromatic carbocycles. The van der Waals surface area contributed by atoms with E-state index < -0.39 is 36.0 Å².